The van der Waals surface area contributed by atoms with Crippen LogP contribution in [0.2, 0.25) is 0 Å². The molecule has 0 heterocycles. The number of allylic oxidation sites excluding steroid dienone is 3. The van der Waals surface area contributed by atoms with Crippen molar-refractivity contribution in [3.63, 3.8) is 0 Å². The molecule has 0 aliphatic heterocycles. The quantitative estimate of drug-likeness (QED) is 0.550. The highest BCUT2D eigenvalue weighted by atomic mass is 16.3. The van der Waals surface area contributed by atoms with E-state index in [-0.39, 0.29) is 6.10 Å². The van der Waals surface area contributed by atoms with Gasteiger partial charge in [0.15, 0.2) is 0 Å². The molecule has 0 amide bonds. The molecular weight excluding hydrogens is 244 g/mol. The van der Waals surface area contributed by atoms with E-state index in [2.05, 4.69) is 27.7 Å². The molecule has 0 rings (SSSR count). The van der Waals surface area contributed by atoms with Gasteiger partial charge in [-0.15, -0.1) is 0 Å². The monoisotopic (exact) mass is 284 g/mol. The van der Waals surface area contributed by atoms with E-state index >= 15 is 0 Å². The molecule has 1 nitrogen and oxygen atoms in total. The molecule has 0 spiro atoms. The average Bonchev–Trinajstić information content (AvgIpc) is 2.39. The first-order valence-electron chi connectivity index (χ1n) is 8.29. The maximum absolute atomic E-state index is 9.78. The van der Waals surface area contributed by atoms with Gasteiger partial charge in [0.25, 0.3) is 0 Å². The Morgan fingerprint density at radius 3 is 1.75 bits per heavy atom. The van der Waals surface area contributed by atoms with Crippen LogP contribution >= 0.6 is 0 Å². The Hall–Kier alpha value is -0.560. The van der Waals surface area contributed by atoms with Crippen molar-refractivity contribution in [2.24, 2.45) is 5.92 Å². The fourth-order valence-corrected chi connectivity index (χ4v) is 1.70. The van der Waals surface area contributed by atoms with Crippen LogP contribution in [0, 0.1) is 5.92 Å². The third-order valence-corrected chi connectivity index (χ3v) is 3.04. The van der Waals surface area contributed by atoms with Crippen molar-refractivity contribution < 1.29 is 5.11 Å². The maximum atomic E-state index is 9.78. The fraction of sp³-hybridized carbons (Fsp3) is 0.789. The number of aliphatic hydroxyl groups is 1. The van der Waals surface area contributed by atoms with Gasteiger partial charge in [-0.25, -0.2) is 0 Å². The van der Waals surface area contributed by atoms with Crippen molar-refractivity contribution in [3.8, 4) is 0 Å². The molecule has 1 heteroatoms. The zero-order valence-corrected chi connectivity index (χ0v) is 15.8. The van der Waals surface area contributed by atoms with Crippen LogP contribution in [0.25, 0.3) is 0 Å². The van der Waals surface area contributed by atoms with E-state index in [4.69, 9.17) is 0 Å². The minimum absolute atomic E-state index is 0.271. The van der Waals surface area contributed by atoms with Gasteiger partial charge in [-0.2, -0.15) is 0 Å². The highest BCUT2D eigenvalue weighted by Gasteiger charge is 2.08. The summed E-state index contributed by atoms with van der Waals surface area (Å²) in [5.74, 6) is 0.583. The molecule has 0 aromatic heterocycles. The summed E-state index contributed by atoms with van der Waals surface area (Å²) < 4.78 is 0. The third-order valence-electron chi connectivity index (χ3n) is 3.04. The summed E-state index contributed by atoms with van der Waals surface area (Å²) in [4.78, 5) is 0. The summed E-state index contributed by atoms with van der Waals surface area (Å²) in [5.41, 5.74) is 4.11. The molecule has 0 fully saturated rings. The number of aliphatic hydroxyl groups excluding tert-OH is 1. The molecule has 1 N–H and O–H groups in total. The fourth-order valence-electron chi connectivity index (χ4n) is 1.70. The van der Waals surface area contributed by atoms with Gasteiger partial charge in [0.1, 0.15) is 0 Å². The molecule has 0 bridgehead atoms. The minimum atomic E-state index is -0.271. The summed E-state index contributed by atoms with van der Waals surface area (Å²) >= 11 is 0. The largest absolute Gasteiger partial charge is 0.389 e. The van der Waals surface area contributed by atoms with Gasteiger partial charge < -0.3 is 5.11 Å². The van der Waals surface area contributed by atoms with Crippen molar-refractivity contribution in [2.75, 3.05) is 0 Å². The van der Waals surface area contributed by atoms with Gasteiger partial charge >= 0.3 is 0 Å². The van der Waals surface area contributed by atoms with Crippen LogP contribution in [0.3, 0.4) is 0 Å². The number of hydrogen-bond donors (Lipinski definition) is 1. The predicted octanol–water partition coefficient (Wildman–Crippen LogP) is 6.53. The maximum Gasteiger partial charge on any atom is 0.0725 e. The lowest BCUT2D eigenvalue weighted by molar-refractivity contribution is 0.187. The third kappa shape index (κ3) is 17.4. The molecule has 0 saturated carbocycles. The normalized spacial score (nSPS) is 11.9. The van der Waals surface area contributed by atoms with Gasteiger partial charge in [0, 0.05) is 0 Å². The molecule has 0 aromatic carbocycles. The molecular formula is C19H40O. The van der Waals surface area contributed by atoms with Crippen LogP contribution in [0.15, 0.2) is 22.8 Å². The van der Waals surface area contributed by atoms with E-state index in [0.717, 1.165) is 12.8 Å². The number of rotatable bonds is 6. The lowest BCUT2D eigenvalue weighted by Crippen LogP contribution is -2.09. The molecule has 0 unspecified atom stereocenters. The summed E-state index contributed by atoms with van der Waals surface area (Å²) in [7, 11) is 0. The van der Waals surface area contributed by atoms with E-state index < -0.39 is 0 Å². The van der Waals surface area contributed by atoms with E-state index in [1.807, 2.05) is 47.6 Å². The smallest absolute Gasteiger partial charge is 0.0725 e. The first-order chi connectivity index (χ1) is 9.32. The van der Waals surface area contributed by atoms with Crippen LogP contribution in [-0.4, -0.2) is 11.2 Å². The Labute approximate surface area is 129 Å². The van der Waals surface area contributed by atoms with Crippen LogP contribution in [0.5, 0.6) is 0 Å². The summed E-state index contributed by atoms with van der Waals surface area (Å²) in [6.07, 6.45) is 4.88. The highest BCUT2D eigenvalue weighted by molar-refractivity contribution is 5.06. The number of hydrogen-bond acceptors (Lipinski definition) is 1. The SMILES string of the molecule is CC.CC.CC(C)=C[C@@H](O)C[C@@H](C)CCC(C)=C(C)C. The zero-order valence-electron chi connectivity index (χ0n) is 15.8. The lowest BCUT2D eigenvalue weighted by Gasteiger charge is -2.15. The van der Waals surface area contributed by atoms with Gasteiger partial charge in [-0.05, 0) is 59.8 Å². The van der Waals surface area contributed by atoms with E-state index in [0.29, 0.717) is 5.92 Å². The van der Waals surface area contributed by atoms with Gasteiger partial charge in [0.05, 0.1) is 6.10 Å². The van der Waals surface area contributed by atoms with Crippen LogP contribution in [-0.2, 0) is 0 Å². The first kappa shape index (κ1) is 24.5. The molecule has 0 aliphatic rings. The molecule has 0 aromatic rings. The van der Waals surface area contributed by atoms with Crippen molar-refractivity contribution in [1.29, 1.82) is 0 Å². The Kier molecular flexibility index (Phi) is 20.2. The average molecular weight is 285 g/mol. The molecule has 2 atom stereocenters. The highest BCUT2D eigenvalue weighted by Crippen LogP contribution is 2.19. The van der Waals surface area contributed by atoms with Crippen LogP contribution in [0.1, 0.15) is 88.5 Å². The van der Waals surface area contributed by atoms with Crippen molar-refractivity contribution >= 4 is 0 Å². The van der Waals surface area contributed by atoms with Crippen LogP contribution < -0.4 is 0 Å². The second-order valence-corrected chi connectivity index (χ2v) is 5.47. The molecule has 20 heavy (non-hydrogen) atoms. The zero-order chi connectivity index (χ0) is 16.7. The summed E-state index contributed by atoms with van der Waals surface area (Å²) in [6, 6.07) is 0. The molecule has 0 aliphatic carbocycles. The van der Waals surface area contributed by atoms with Crippen LogP contribution in [0.4, 0.5) is 0 Å². The Balaban J connectivity index is -0.000000656. The first-order valence-corrected chi connectivity index (χ1v) is 8.29. The Morgan fingerprint density at radius 2 is 1.40 bits per heavy atom. The topological polar surface area (TPSA) is 20.2 Å². The second-order valence-electron chi connectivity index (χ2n) is 5.47. The second kappa shape index (κ2) is 16.5. The molecule has 0 saturated heterocycles. The molecule has 0 radical (unpaired) electrons. The van der Waals surface area contributed by atoms with Crippen molar-refractivity contribution in [3.05, 3.63) is 22.8 Å². The lowest BCUT2D eigenvalue weighted by atomic mass is 9.94. The Morgan fingerprint density at radius 1 is 0.950 bits per heavy atom. The Bertz CT molecular complexity index is 253. The summed E-state index contributed by atoms with van der Waals surface area (Å²) in [5, 5.41) is 9.78. The standard InChI is InChI=1S/C15H28O.2C2H6/c1-11(2)9-15(16)10-13(5)7-8-14(6)12(3)4;2*1-2/h9,13,15-16H,7-8,10H2,1-6H3;2*1-2H3/t13-,15+;;/m0../s1. The van der Waals surface area contributed by atoms with Crippen molar-refractivity contribution in [1.82, 2.24) is 0 Å². The van der Waals surface area contributed by atoms with Crippen molar-refractivity contribution in [2.45, 2.75) is 94.6 Å². The van der Waals surface area contributed by atoms with Gasteiger partial charge in [-0.1, -0.05) is 57.4 Å². The van der Waals surface area contributed by atoms with Gasteiger partial charge in [0.2, 0.25) is 0 Å². The van der Waals surface area contributed by atoms with Gasteiger partial charge in [-0.3, -0.25) is 0 Å². The molecule has 122 valence electrons. The van der Waals surface area contributed by atoms with E-state index in [1.165, 1.54) is 23.1 Å². The van der Waals surface area contributed by atoms with E-state index in [9.17, 15) is 5.11 Å². The minimum Gasteiger partial charge on any atom is -0.389 e. The summed E-state index contributed by atoms with van der Waals surface area (Å²) in [6.45, 7) is 20.8. The van der Waals surface area contributed by atoms with E-state index in [1.54, 1.807) is 0 Å². The predicted molar refractivity (Wildman–Crippen MR) is 95.2 cm³/mol.